The van der Waals surface area contributed by atoms with Gasteiger partial charge in [-0.2, -0.15) is 9.37 Å². The summed E-state index contributed by atoms with van der Waals surface area (Å²) in [4.78, 5) is 77.7. The second-order valence-corrected chi connectivity index (χ2v) is 6.60. The molecule has 0 aliphatic rings. The molecule has 0 saturated carbocycles. The van der Waals surface area contributed by atoms with Gasteiger partial charge in [-0.05, 0) is 0 Å². The molecule has 0 amide bonds. The number of aromatic amines is 1. The van der Waals surface area contributed by atoms with Crippen molar-refractivity contribution < 1.29 is 62.1 Å². The molecule has 152 valence electrons. The Labute approximate surface area is 141 Å². The summed E-state index contributed by atoms with van der Waals surface area (Å²) in [6.07, 6.45) is 0.532. The molecule has 0 unspecified atom stereocenters. The van der Waals surface area contributed by atoms with Gasteiger partial charge < -0.3 is 54.8 Å². The fraction of sp³-hybridized carbons (Fsp3) is 0. The van der Waals surface area contributed by atoms with E-state index in [1.54, 1.807) is 0 Å². The van der Waals surface area contributed by atoms with Crippen LogP contribution in [0.1, 0.15) is 0 Å². The molecule has 17 nitrogen and oxygen atoms in total. The maximum absolute atomic E-state index is 12.4. The van der Waals surface area contributed by atoms with Gasteiger partial charge in [0.1, 0.15) is 11.8 Å². The third-order valence-corrected chi connectivity index (χ3v) is 1.29. The van der Waals surface area contributed by atoms with E-state index in [1.807, 2.05) is 0 Å². The van der Waals surface area contributed by atoms with Crippen LogP contribution in [-0.2, 0) is 13.7 Å². The minimum absolute atomic E-state index is 0.200. The number of hydrogen-bond acceptors (Lipinski definition) is 7. The highest BCUT2D eigenvalue weighted by atomic mass is 31.2. The molecule has 2 heterocycles. The first-order chi connectivity index (χ1) is 11.3. The zero-order valence-corrected chi connectivity index (χ0v) is 14.6. The molecule has 0 aliphatic carbocycles. The average molecular weight is 447 g/mol. The molecule has 0 bridgehead atoms. The van der Waals surface area contributed by atoms with E-state index in [0.717, 1.165) is 0 Å². The molecular formula is C5H13FN5O12P3. The van der Waals surface area contributed by atoms with Crippen LogP contribution >= 0.6 is 23.5 Å². The third-order valence-electron chi connectivity index (χ3n) is 1.29. The van der Waals surface area contributed by atoms with Gasteiger partial charge in [-0.15, -0.1) is 0 Å². The normalized spacial score (nSPS) is 11.3. The molecule has 0 radical (unpaired) electrons. The van der Waals surface area contributed by atoms with Gasteiger partial charge in [0.25, 0.3) is 6.08 Å². The molecule has 2 aromatic rings. The standard InChI is InChI=1S/C5H4FN5.3H3O4P/c6-5-10-2-3(7)8-1-9-4(2)11-5;3*1-5(2,3)4/h1H,(H3,7,8,9,10,11);3*(H3,1,2,3,4). The molecule has 26 heavy (non-hydrogen) atoms. The highest BCUT2D eigenvalue weighted by molar-refractivity contribution is 7.45. The molecule has 0 aliphatic heterocycles. The number of H-pyrrole nitrogens is 1. The van der Waals surface area contributed by atoms with E-state index >= 15 is 0 Å². The lowest BCUT2D eigenvalue weighted by Crippen LogP contribution is -1.91. The predicted octanol–water partition coefficient (Wildman–Crippen LogP) is -2.71. The summed E-state index contributed by atoms with van der Waals surface area (Å²) in [6.45, 7) is 0. The maximum Gasteiger partial charge on any atom is 0.466 e. The van der Waals surface area contributed by atoms with E-state index in [0.29, 0.717) is 5.52 Å². The lowest BCUT2D eigenvalue weighted by Gasteiger charge is -1.89. The largest absolute Gasteiger partial charge is 0.466 e. The van der Waals surface area contributed by atoms with Crippen molar-refractivity contribution in [3.8, 4) is 0 Å². The Bertz CT molecular complexity index is 753. The number of nitrogens with one attached hydrogen (secondary N) is 1. The SMILES string of the molecule is Nc1ncnc2nc(F)[nH]c12.O=P(O)(O)O.O=P(O)(O)O.O=P(O)(O)O. The molecule has 2 aromatic heterocycles. The Morgan fingerprint density at radius 3 is 1.50 bits per heavy atom. The minimum atomic E-state index is -4.64. The Balaban J connectivity index is 0. The Kier molecular flexibility index (Phi) is 11.0. The lowest BCUT2D eigenvalue weighted by molar-refractivity contribution is 0.272. The second-order valence-electron chi connectivity index (χ2n) is 3.52. The van der Waals surface area contributed by atoms with Crippen LogP contribution in [0, 0.1) is 6.08 Å². The fourth-order valence-corrected chi connectivity index (χ4v) is 0.818. The van der Waals surface area contributed by atoms with Gasteiger partial charge in [-0.25, -0.2) is 23.7 Å². The van der Waals surface area contributed by atoms with Crippen molar-refractivity contribution in [1.82, 2.24) is 19.9 Å². The Hall–Kier alpha value is -1.39. The summed E-state index contributed by atoms with van der Waals surface area (Å²) in [5, 5.41) is 0. The molecule has 2 rings (SSSR count). The summed E-state index contributed by atoms with van der Waals surface area (Å²) < 4.78 is 39.1. The molecular weight excluding hydrogens is 434 g/mol. The van der Waals surface area contributed by atoms with E-state index in [9.17, 15) is 4.39 Å². The molecule has 0 atom stereocenters. The first-order valence-corrected chi connectivity index (χ1v) is 9.93. The number of nitrogen functional groups attached to an aromatic ring is 1. The Morgan fingerprint density at radius 1 is 0.846 bits per heavy atom. The number of rotatable bonds is 0. The molecule has 0 aromatic carbocycles. The highest BCUT2D eigenvalue weighted by Gasteiger charge is 2.05. The summed E-state index contributed by atoms with van der Waals surface area (Å²) in [5.41, 5.74) is 5.96. The van der Waals surface area contributed by atoms with E-state index in [2.05, 4.69) is 19.9 Å². The zero-order chi connectivity index (χ0) is 21.3. The van der Waals surface area contributed by atoms with Gasteiger partial charge in [-0.1, -0.05) is 0 Å². The number of nitrogens with two attached hydrogens (primary N) is 1. The summed E-state index contributed by atoms with van der Waals surface area (Å²) in [5.74, 6) is 0.200. The van der Waals surface area contributed by atoms with E-state index in [1.165, 1.54) is 6.33 Å². The lowest BCUT2D eigenvalue weighted by atomic mass is 10.5. The van der Waals surface area contributed by atoms with Gasteiger partial charge in [0.05, 0.1) is 0 Å². The summed E-state index contributed by atoms with van der Waals surface area (Å²) >= 11 is 0. The van der Waals surface area contributed by atoms with Crippen LogP contribution in [-0.4, -0.2) is 64.0 Å². The van der Waals surface area contributed by atoms with E-state index < -0.39 is 29.5 Å². The van der Waals surface area contributed by atoms with Gasteiger partial charge in [0.2, 0.25) is 0 Å². The number of halogens is 1. The van der Waals surface area contributed by atoms with Crippen LogP contribution in [0.3, 0.4) is 0 Å². The Morgan fingerprint density at radius 2 is 1.19 bits per heavy atom. The first-order valence-electron chi connectivity index (χ1n) is 5.24. The van der Waals surface area contributed by atoms with Gasteiger partial charge in [0, 0.05) is 0 Å². The highest BCUT2D eigenvalue weighted by Crippen LogP contribution is 2.26. The summed E-state index contributed by atoms with van der Waals surface area (Å²) in [7, 11) is -13.9. The van der Waals surface area contributed by atoms with Crippen LogP contribution < -0.4 is 5.73 Å². The number of phosphoric acid groups is 3. The summed E-state index contributed by atoms with van der Waals surface area (Å²) in [6, 6.07) is 0. The molecule has 21 heteroatoms. The molecule has 0 fully saturated rings. The predicted molar refractivity (Wildman–Crippen MR) is 78.8 cm³/mol. The van der Waals surface area contributed by atoms with Crippen molar-refractivity contribution in [1.29, 1.82) is 0 Å². The van der Waals surface area contributed by atoms with Crippen molar-refractivity contribution >= 4 is 40.4 Å². The van der Waals surface area contributed by atoms with Crippen molar-refractivity contribution in [2.75, 3.05) is 5.73 Å². The van der Waals surface area contributed by atoms with Crippen molar-refractivity contribution in [2.24, 2.45) is 0 Å². The van der Waals surface area contributed by atoms with Crippen LogP contribution in [0.15, 0.2) is 6.33 Å². The van der Waals surface area contributed by atoms with Gasteiger partial charge in [-0.3, -0.25) is 0 Å². The van der Waals surface area contributed by atoms with Gasteiger partial charge in [0.15, 0.2) is 11.5 Å². The number of anilines is 1. The minimum Gasteiger partial charge on any atom is -0.382 e. The quantitative estimate of drug-likeness (QED) is 0.144. The van der Waals surface area contributed by atoms with Crippen molar-refractivity contribution in [3.63, 3.8) is 0 Å². The van der Waals surface area contributed by atoms with Crippen LogP contribution in [0.5, 0.6) is 0 Å². The van der Waals surface area contributed by atoms with E-state index in [4.69, 9.17) is 63.5 Å². The van der Waals surface area contributed by atoms with E-state index in [-0.39, 0.29) is 11.5 Å². The smallest absolute Gasteiger partial charge is 0.382 e. The van der Waals surface area contributed by atoms with Crippen LogP contribution in [0.4, 0.5) is 10.2 Å². The topological polar surface area (TPSA) is 314 Å². The van der Waals surface area contributed by atoms with Crippen molar-refractivity contribution in [2.45, 2.75) is 0 Å². The number of imidazole rings is 1. The molecule has 12 N–H and O–H groups in total. The first kappa shape index (κ1) is 26.8. The van der Waals surface area contributed by atoms with Gasteiger partial charge >= 0.3 is 23.5 Å². The fourth-order valence-electron chi connectivity index (χ4n) is 0.818. The third kappa shape index (κ3) is 24.9. The number of hydrogen-bond donors (Lipinski definition) is 11. The maximum atomic E-state index is 12.4. The van der Waals surface area contributed by atoms with Crippen LogP contribution in [0.25, 0.3) is 11.2 Å². The van der Waals surface area contributed by atoms with Crippen molar-refractivity contribution in [3.05, 3.63) is 12.4 Å². The number of fused-ring (bicyclic) bond motifs is 1. The zero-order valence-electron chi connectivity index (χ0n) is 12.0. The molecule has 0 spiro atoms. The molecule has 0 saturated heterocycles. The second kappa shape index (κ2) is 10.7. The monoisotopic (exact) mass is 447 g/mol. The number of aromatic nitrogens is 4. The number of nitrogens with zero attached hydrogens (tertiary/aromatic N) is 3. The average Bonchev–Trinajstić information content (AvgIpc) is 2.64. The van der Waals surface area contributed by atoms with Crippen LogP contribution in [0.2, 0.25) is 0 Å².